The number of benzene rings is 1. The van der Waals surface area contributed by atoms with Crippen LogP contribution in [0, 0.1) is 26.7 Å². The lowest BCUT2D eigenvalue weighted by atomic mass is 9.99. The van der Waals surface area contributed by atoms with E-state index < -0.39 is 0 Å². The number of aliphatic hydroxyl groups is 1. The molecular formula is C16H25NO. The van der Waals surface area contributed by atoms with Gasteiger partial charge in [0.2, 0.25) is 0 Å². The van der Waals surface area contributed by atoms with Crippen molar-refractivity contribution in [2.75, 3.05) is 13.1 Å². The first-order valence-corrected chi connectivity index (χ1v) is 6.94. The van der Waals surface area contributed by atoms with Gasteiger partial charge in [-0.2, -0.15) is 0 Å². The summed E-state index contributed by atoms with van der Waals surface area (Å²) in [7, 11) is 0. The van der Waals surface area contributed by atoms with Crippen molar-refractivity contribution in [3.8, 4) is 0 Å². The number of aryl methyl sites for hydroxylation is 3. The molecule has 0 spiro atoms. The maximum absolute atomic E-state index is 9.65. The molecule has 1 N–H and O–H groups in total. The molecule has 1 aromatic carbocycles. The molecule has 18 heavy (non-hydrogen) atoms. The van der Waals surface area contributed by atoms with E-state index in [9.17, 15) is 5.11 Å². The zero-order chi connectivity index (χ0) is 13.3. The topological polar surface area (TPSA) is 23.5 Å². The summed E-state index contributed by atoms with van der Waals surface area (Å²) in [5.41, 5.74) is 5.60. The van der Waals surface area contributed by atoms with E-state index in [0.29, 0.717) is 5.92 Å². The summed E-state index contributed by atoms with van der Waals surface area (Å²) in [4.78, 5) is 2.47. The Bertz CT molecular complexity index is 402. The molecule has 100 valence electrons. The first-order valence-electron chi connectivity index (χ1n) is 6.94. The van der Waals surface area contributed by atoms with Gasteiger partial charge in [0, 0.05) is 13.1 Å². The van der Waals surface area contributed by atoms with Crippen molar-refractivity contribution in [3.05, 3.63) is 34.4 Å². The molecule has 2 rings (SSSR count). The molecule has 1 aliphatic heterocycles. The van der Waals surface area contributed by atoms with Crippen LogP contribution in [0.5, 0.6) is 0 Å². The van der Waals surface area contributed by atoms with Crippen molar-refractivity contribution < 1.29 is 5.11 Å². The van der Waals surface area contributed by atoms with Gasteiger partial charge in [0.15, 0.2) is 0 Å². The molecule has 1 aliphatic rings. The van der Waals surface area contributed by atoms with Gasteiger partial charge in [-0.05, 0) is 63.3 Å². The molecule has 0 aliphatic carbocycles. The van der Waals surface area contributed by atoms with E-state index in [1.165, 1.54) is 22.3 Å². The molecule has 0 aromatic heterocycles. The molecule has 2 atom stereocenters. The summed E-state index contributed by atoms with van der Waals surface area (Å²) < 4.78 is 0. The van der Waals surface area contributed by atoms with Gasteiger partial charge in [0.1, 0.15) is 0 Å². The third-order valence-electron chi connectivity index (χ3n) is 4.21. The van der Waals surface area contributed by atoms with Crippen molar-refractivity contribution in [1.82, 2.24) is 4.90 Å². The molecule has 1 fully saturated rings. The summed E-state index contributed by atoms with van der Waals surface area (Å²) in [6.45, 7) is 11.7. The van der Waals surface area contributed by atoms with Gasteiger partial charge in [-0.25, -0.2) is 0 Å². The van der Waals surface area contributed by atoms with Crippen LogP contribution in [0.25, 0.3) is 0 Å². The largest absolute Gasteiger partial charge is 0.393 e. The highest BCUT2D eigenvalue weighted by Gasteiger charge is 2.26. The van der Waals surface area contributed by atoms with Crippen molar-refractivity contribution in [1.29, 1.82) is 0 Å². The summed E-state index contributed by atoms with van der Waals surface area (Å²) in [6.07, 6.45) is 0.956. The highest BCUT2D eigenvalue weighted by atomic mass is 16.3. The average Bonchev–Trinajstić information content (AvgIpc) is 2.71. The van der Waals surface area contributed by atoms with Crippen LogP contribution in [0.4, 0.5) is 0 Å². The quantitative estimate of drug-likeness (QED) is 0.888. The third-order valence-corrected chi connectivity index (χ3v) is 4.21. The minimum atomic E-state index is -0.171. The second-order valence-corrected chi connectivity index (χ2v) is 5.90. The molecule has 0 amide bonds. The van der Waals surface area contributed by atoms with E-state index in [1.807, 2.05) is 6.92 Å². The fraction of sp³-hybridized carbons (Fsp3) is 0.625. The maximum atomic E-state index is 9.65. The SMILES string of the molecule is Cc1cc(C)c(CN2CCC(C(C)O)C2)c(C)c1. The molecule has 1 saturated heterocycles. The maximum Gasteiger partial charge on any atom is 0.0552 e. The standard InChI is InChI=1S/C16H25NO/c1-11-7-12(2)16(13(3)8-11)10-17-6-5-15(9-17)14(4)18/h7-8,14-15,18H,5-6,9-10H2,1-4H3. The van der Waals surface area contributed by atoms with E-state index in [1.54, 1.807) is 0 Å². The minimum absolute atomic E-state index is 0.171. The molecule has 2 heteroatoms. The van der Waals surface area contributed by atoms with Crippen molar-refractivity contribution in [2.45, 2.75) is 46.8 Å². The summed E-state index contributed by atoms with van der Waals surface area (Å²) in [5, 5.41) is 9.65. The second-order valence-electron chi connectivity index (χ2n) is 5.90. The van der Waals surface area contributed by atoms with E-state index in [2.05, 4.69) is 37.8 Å². The van der Waals surface area contributed by atoms with Crippen LogP contribution in [0.2, 0.25) is 0 Å². The van der Waals surface area contributed by atoms with Crippen LogP contribution in [0.1, 0.15) is 35.6 Å². The third kappa shape index (κ3) is 2.93. The monoisotopic (exact) mass is 247 g/mol. The number of rotatable bonds is 3. The normalized spacial score (nSPS) is 22.4. The highest BCUT2D eigenvalue weighted by molar-refractivity contribution is 5.37. The Morgan fingerprint density at radius 3 is 2.39 bits per heavy atom. The Hall–Kier alpha value is -0.860. The number of hydrogen-bond acceptors (Lipinski definition) is 2. The summed E-state index contributed by atoms with van der Waals surface area (Å²) >= 11 is 0. The Balaban J connectivity index is 2.07. The van der Waals surface area contributed by atoms with Gasteiger partial charge in [-0.3, -0.25) is 4.90 Å². The molecule has 0 saturated carbocycles. The van der Waals surface area contributed by atoms with Crippen molar-refractivity contribution in [2.24, 2.45) is 5.92 Å². The van der Waals surface area contributed by atoms with Crippen LogP contribution in [0.3, 0.4) is 0 Å². The van der Waals surface area contributed by atoms with Gasteiger partial charge in [-0.15, -0.1) is 0 Å². The summed E-state index contributed by atoms with van der Waals surface area (Å²) in [6, 6.07) is 4.54. The van der Waals surface area contributed by atoms with Gasteiger partial charge < -0.3 is 5.11 Å². The average molecular weight is 247 g/mol. The Labute approximate surface area is 111 Å². The van der Waals surface area contributed by atoms with Crippen LogP contribution in [-0.4, -0.2) is 29.2 Å². The molecule has 0 radical (unpaired) electrons. The lowest BCUT2D eigenvalue weighted by molar-refractivity contribution is 0.127. The van der Waals surface area contributed by atoms with Crippen LogP contribution < -0.4 is 0 Å². The first kappa shape index (κ1) is 13.6. The van der Waals surface area contributed by atoms with Crippen LogP contribution in [-0.2, 0) is 6.54 Å². The molecule has 1 aromatic rings. The summed E-state index contributed by atoms with van der Waals surface area (Å²) in [5.74, 6) is 0.455. The van der Waals surface area contributed by atoms with Gasteiger partial charge >= 0.3 is 0 Å². The van der Waals surface area contributed by atoms with Crippen molar-refractivity contribution in [3.63, 3.8) is 0 Å². The minimum Gasteiger partial charge on any atom is -0.393 e. The van der Waals surface area contributed by atoms with Gasteiger partial charge in [0.05, 0.1) is 6.10 Å². The van der Waals surface area contributed by atoms with Crippen molar-refractivity contribution >= 4 is 0 Å². The zero-order valence-electron chi connectivity index (χ0n) is 12.0. The highest BCUT2D eigenvalue weighted by Crippen LogP contribution is 2.24. The van der Waals surface area contributed by atoms with Crippen LogP contribution >= 0.6 is 0 Å². The Morgan fingerprint density at radius 2 is 1.89 bits per heavy atom. The number of aliphatic hydroxyl groups excluding tert-OH is 1. The Morgan fingerprint density at radius 1 is 1.28 bits per heavy atom. The fourth-order valence-corrected chi connectivity index (χ4v) is 3.08. The van der Waals surface area contributed by atoms with E-state index in [-0.39, 0.29) is 6.10 Å². The zero-order valence-corrected chi connectivity index (χ0v) is 12.0. The molecule has 2 unspecified atom stereocenters. The fourth-order valence-electron chi connectivity index (χ4n) is 3.08. The predicted molar refractivity (Wildman–Crippen MR) is 75.7 cm³/mol. The lowest BCUT2D eigenvalue weighted by Crippen LogP contribution is -2.24. The molecule has 0 bridgehead atoms. The number of likely N-dealkylation sites (tertiary alicyclic amines) is 1. The van der Waals surface area contributed by atoms with Gasteiger partial charge in [0.25, 0.3) is 0 Å². The van der Waals surface area contributed by atoms with E-state index in [0.717, 1.165) is 26.1 Å². The molecule has 2 nitrogen and oxygen atoms in total. The van der Waals surface area contributed by atoms with Gasteiger partial charge in [-0.1, -0.05) is 17.7 Å². The molecule has 1 heterocycles. The second kappa shape index (κ2) is 5.41. The predicted octanol–water partition coefficient (Wildman–Crippen LogP) is 2.81. The first-order chi connectivity index (χ1) is 8.47. The molecular weight excluding hydrogens is 222 g/mol. The van der Waals surface area contributed by atoms with Crippen LogP contribution in [0.15, 0.2) is 12.1 Å². The lowest BCUT2D eigenvalue weighted by Gasteiger charge is -2.20. The van der Waals surface area contributed by atoms with E-state index >= 15 is 0 Å². The Kier molecular flexibility index (Phi) is 4.08. The smallest absolute Gasteiger partial charge is 0.0552 e. The van der Waals surface area contributed by atoms with E-state index in [4.69, 9.17) is 0 Å². The number of hydrogen-bond donors (Lipinski definition) is 1. The number of nitrogens with zero attached hydrogens (tertiary/aromatic N) is 1.